The molecule has 0 amide bonds. The zero-order valence-corrected chi connectivity index (χ0v) is 10.5. The summed E-state index contributed by atoms with van der Waals surface area (Å²) in [5, 5.41) is 10.9. The Balaban J connectivity index is 1.92. The molecule has 0 aliphatic carbocycles. The van der Waals surface area contributed by atoms with Gasteiger partial charge in [-0.25, -0.2) is 9.07 Å². The molecule has 1 aromatic carbocycles. The zero-order chi connectivity index (χ0) is 13.1. The fraction of sp³-hybridized carbons (Fsp3) is 0.308. The number of anilines is 1. The maximum absolute atomic E-state index is 14.1. The van der Waals surface area contributed by atoms with E-state index in [-0.39, 0.29) is 5.82 Å². The van der Waals surface area contributed by atoms with Gasteiger partial charge in [-0.15, -0.1) is 5.10 Å². The second-order valence-electron chi connectivity index (χ2n) is 4.43. The van der Waals surface area contributed by atoms with Crippen LogP contribution in [0.2, 0.25) is 0 Å². The highest BCUT2D eigenvalue weighted by Gasteiger charge is 2.18. The van der Waals surface area contributed by atoms with Crippen LogP contribution in [0.25, 0.3) is 0 Å². The Bertz CT molecular complexity index is 534. The predicted molar refractivity (Wildman–Crippen MR) is 70.3 cm³/mol. The van der Waals surface area contributed by atoms with Crippen LogP contribution < -0.4 is 10.2 Å². The highest BCUT2D eigenvalue weighted by atomic mass is 19.1. The van der Waals surface area contributed by atoms with Crippen molar-refractivity contribution in [1.29, 1.82) is 0 Å². The first-order chi connectivity index (χ1) is 9.34. The number of benzene rings is 1. The van der Waals surface area contributed by atoms with Crippen molar-refractivity contribution in [2.24, 2.45) is 0 Å². The van der Waals surface area contributed by atoms with Gasteiger partial charge in [-0.2, -0.15) is 0 Å². The average Bonchev–Trinajstić information content (AvgIpc) is 2.93. The van der Waals surface area contributed by atoms with E-state index in [1.54, 1.807) is 29.7 Å². The molecule has 1 aliphatic heterocycles. The summed E-state index contributed by atoms with van der Waals surface area (Å²) in [5.41, 5.74) is 1.45. The molecular formula is C13H15FN5. The van der Waals surface area contributed by atoms with Crippen molar-refractivity contribution >= 4 is 5.69 Å². The lowest BCUT2D eigenvalue weighted by Gasteiger charge is -2.31. The molecule has 1 aliphatic rings. The molecule has 0 saturated carbocycles. The average molecular weight is 260 g/mol. The lowest BCUT2D eigenvalue weighted by molar-refractivity contribution is 0.564. The van der Waals surface area contributed by atoms with E-state index in [1.807, 2.05) is 6.07 Å². The lowest BCUT2D eigenvalue weighted by atomic mass is 10.1. The zero-order valence-electron chi connectivity index (χ0n) is 10.5. The fourth-order valence-corrected chi connectivity index (χ4v) is 2.29. The predicted octanol–water partition coefficient (Wildman–Crippen LogP) is 0.885. The third kappa shape index (κ3) is 2.58. The van der Waals surface area contributed by atoms with E-state index in [1.165, 1.54) is 6.07 Å². The van der Waals surface area contributed by atoms with Gasteiger partial charge in [0.1, 0.15) is 12.4 Å². The quantitative estimate of drug-likeness (QED) is 0.890. The van der Waals surface area contributed by atoms with Crippen LogP contribution in [0, 0.1) is 12.4 Å². The number of hydrogen-bond donors (Lipinski definition) is 1. The Morgan fingerprint density at radius 3 is 2.84 bits per heavy atom. The van der Waals surface area contributed by atoms with Crippen LogP contribution in [0.1, 0.15) is 5.56 Å². The first kappa shape index (κ1) is 12.1. The molecule has 1 aromatic heterocycles. The summed E-state index contributed by atoms with van der Waals surface area (Å²) in [6.45, 7) is 5.14. The summed E-state index contributed by atoms with van der Waals surface area (Å²) in [4.78, 5) is 2.06. The molecule has 1 radical (unpaired) electrons. The lowest BCUT2D eigenvalue weighted by Crippen LogP contribution is -2.44. The van der Waals surface area contributed by atoms with Crippen molar-refractivity contribution in [2.75, 3.05) is 31.1 Å². The van der Waals surface area contributed by atoms with Crippen molar-refractivity contribution in [3.63, 3.8) is 0 Å². The molecule has 1 fully saturated rings. The Morgan fingerprint density at radius 1 is 1.26 bits per heavy atom. The number of aromatic nitrogens is 3. The number of rotatable bonds is 3. The largest absolute Gasteiger partial charge is 0.366 e. The van der Waals surface area contributed by atoms with Crippen LogP contribution >= 0.6 is 0 Å². The SMILES string of the molecule is Fc1cccc([CH]n2ccnn2)c1N1CCNCC1. The van der Waals surface area contributed by atoms with Gasteiger partial charge in [0.25, 0.3) is 0 Å². The van der Waals surface area contributed by atoms with Gasteiger partial charge in [-0.05, 0) is 6.07 Å². The first-order valence-electron chi connectivity index (χ1n) is 6.29. The third-order valence-corrected chi connectivity index (χ3v) is 3.16. The number of para-hydroxylation sites is 1. The Kier molecular flexibility index (Phi) is 3.41. The van der Waals surface area contributed by atoms with Crippen LogP contribution in [0.5, 0.6) is 0 Å². The van der Waals surface area contributed by atoms with E-state index >= 15 is 0 Å². The summed E-state index contributed by atoms with van der Waals surface area (Å²) in [7, 11) is 0. The van der Waals surface area contributed by atoms with Crippen LogP contribution in [-0.4, -0.2) is 41.2 Å². The van der Waals surface area contributed by atoms with Gasteiger partial charge in [0.15, 0.2) is 0 Å². The van der Waals surface area contributed by atoms with Gasteiger partial charge >= 0.3 is 0 Å². The molecule has 2 aromatic rings. The van der Waals surface area contributed by atoms with Crippen molar-refractivity contribution in [1.82, 2.24) is 20.3 Å². The number of hydrogen-bond acceptors (Lipinski definition) is 4. The van der Waals surface area contributed by atoms with E-state index in [0.717, 1.165) is 31.7 Å². The molecule has 1 saturated heterocycles. The van der Waals surface area contributed by atoms with Crippen molar-refractivity contribution in [3.8, 4) is 0 Å². The van der Waals surface area contributed by atoms with E-state index in [4.69, 9.17) is 0 Å². The topological polar surface area (TPSA) is 46.0 Å². The van der Waals surface area contributed by atoms with E-state index in [0.29, 0.717) is 5.69 Å². The van der Waals surface area contributed by atoms with Crippen LogP contribution in [0.3, 0.4) is 0 Å². The molecule has 1 N–H and O–H groups in total. The number of nitrogens with zero attached hydrogens (tertiary/aromatic N) is 4. The fourth-order valence-electron chi connectivity index (χ4n) is 2.29. The van der Waals surface area contributed by atoms with Crippen molar-refractivity contribution in [3.05, 3.63) is 48.5 Å². The summed E-state index contributed by atoms with van der Waals surface area (Å²) in [6.07, 6.45) is 3.33. The van der Waals surface area contributed by atoms with Crippen molar-refractivity contribution in [2.45, 2.75) is 0 Å². The summed E-state index contributed by atoms with van der Waals surface area (Å²) in [6, 6.07) is 5.10. The van der Waals surface area contributed by atoms with Gasteiger partial charge in [-0.1, -0.05) is 17.3 Å². The third-order valence-electron chi connectivity index (χ3n) is 3.16. The second-order valence-corrected chi connectivity index (χ2v) is 4.43. The summed E-state index contributed by atoms with van der Waals surface area (Å²) in [5.74, 6) is -0.198. The standard InChI is InChI=1S/C13H15FN5/c14-12-3-1-2-11(10-19-9-6-16-17-19)13(12)18-7-4-15-5-8-18/h1-3,6,9-10,15H,4-5,7-8H2. The van der Waals surface area contributed by atoms with Crippen LogP contribution in [0.4, 0.5) is 10.1 Å². The van der Waals surface area contributed by atoms with Crippen molar-refractivity contribution < 1.29 is 4.39 Å². The number of halogens is 1. The summed E-state index contributed by atoms with van der Waals surface area (Å²) >= 11 is 0. The molecule has 0 bridgehead atoms. The highest BCUT2D eigenvalue weighted by molar-refractivity contribution is 5.58. The molecular weight excluding hydrogens is 245 g/mol. The smallest absolute Gasteiger partial charge is 0.146 e. The summed E-state index contributed by atoms with van der Waals surface area (Å²) < 4.78 is 15.7. The molecule has 6 heteroatoms. The van der Waals surface area contributed by atoms with Gasteiger partial charge < -0.3 is 10.2 Å². The van der Waals surface area contributed by atoms with Gasteiger partial charge in [0.2, 0.25) is 0 Å². The van der Waals surface area contributed by atoms with Gasteiger partial charge in [0, 0.05) is 37.9 Å². The number of piperazine rings is 1. The maximum atomic E-state index is 14.1. The Labute approximate surface area is 111 Å². The molecule has 2 heterocycles. The van der Waals surface area contributed by atoms with Gasteiger partial charge in [0.05, 0.1) is 11.9 Å². The van der Waals surface area contributed by atoms with E-state index in [2.05, 4.69) is 20.5 Å². The van der Waals surface area contributed by atoms with Crippen LogP contribution in [-0.2, 0) is 0 Å². The van der Waals surface area contributed by atoms with E-state index in [9.17, 15) is 4.39 Å². The normalized spacial score (nSPS) is 15.7. The molecule has 19 heavy (non-hydrogen) atoms. The minimum Gasteiger partial charge on any atom is -0.366 e. The minimum absolute atomic E-state index is 0.198. The Hall–Kier alpha value is -1.95. The highest BCUT2D eigenvalue weighted by Crippen LogP contribution is 2.26. The molecule has 0 spiro atoms. The molecule has 0 unspecified atom stereocenters. The second kappa shape index (κ2) is 5.36. The van der Waals surface area contributed by atoms with Gasteiger partial charge in [-0.3, -0.25) is 0 Å². The molecule has 3 rings (SSSR count). The molecule has 0 atom stereocenters. The number of nitrogens with one attached hydrogen (secondary N) is 1. The van der Waals surface area contributed by atoms with E-state index < -0.39 is 0 Å². The molecule has 99 valence electrons. The monoisotopic (exact) mass is 260 g/mol. The van der Waals surface area contributed by atoms with Crippen LogP contribution in [0.15, 0.2) is 30.6 Å². The molecule has 5 nitrogen and oxygen atoms in total. The first-order valence-corrected chi connectivity index (χ1v) is 6.29. The maximum Gasteiger partial charge on any atom is 0.146 e. The minimum atomic E-state index is -0.198. The Morgan fingerprint density at radius 2 is 2.11 bits per heavy atom.